The highest BCUT2D eigenvalue weighted by atomic mass is 16.6. The van der Waals surface area contributed by atoms with Crippen molar-refractivity contribution in [3.05, 3.63) is 106 Å². The molecular formula is C40H48N4O8. The summed E-state index contributed by atoms with van der Waals surface area (Å²) in [6.07, 6.45) is 1.94. The van der Waals surface area contributed by atoms with Crippen LogP contribution in [-0.4, -0.2) is 81.7 Å². The zero-order chi connectivity index (χ0) is 36.6. The Kier molecular flexibility index (Phi) is 12.1. The molecule has 3 unspecified atom stereocenters. The molecule has 3 saturated heterocycles. The molecule has 52 heavy (non-hydrogen) atoms. The van der Waals surface area contributed by atoms with Gasteiger partial charge in [0, 0.05) is 30.6 Å². The summed E-state index contributed by atoms with van der Waals surface area (Å²) >= 11 is 0. The van der Waals surface area contributed by atoms with Gasteiger partial charge >= 0.3 is 12.1 Å². The Morgan fingerprint density at radius 2 is 1.71 bits per heavy atom. The summed E-state index contributed by atoms with van der Waals surface area (Å²) < 4.78 is 11.9. The number of carbonyl (C=O) groups is 2. The number of ether oxygens (including phenoxy) is 2. The fraction of sp³-hybridized carbons (Fsp3) is 0.425. The first-order valence-electron chi connectivity index (χ1n) is 18.1. The Labute approximate surface area is 302 Å². The van der Waals surface area contributed by atoms with Crippen molar-refractivity contribution in [2.24, 2.45) is 5.92 Å². The fourth-order valence-corrected chi connectivity index (χ4v) is 7.36. The largest absolute Gasteiger partial charge is 0.506 e. The number of aromatic hydroxyl groups is 1. The summed E-state index contributed by atoms with van der Waals surface area (Å²) in [4.78, 5) is 42.1. The molecule has 3 aliphatic rings. The van der Waals surface area contributed by atoms with E-state index in [1.807, 2.05) is 43.3 Å². The zero-order valence-electron chi connectivity index (χ0n) is 29.4. The van der Waals surface area contributed by atoms with E-state index in [4.69, 9.17) is 9.47 Å². The number of H-pyrrole nitrogens is 1. The molecule has 1 aromatic heterocycles. The number of carboxylic acids is 1. The molecule has 2 bridgehead atoms. The lowest BCUT2D eigenvalue weighted by molar-refractivity contribution is -0.145. The number of carbonyl (C=O) groups excluding carboxylic acids is 1. The number of hydrogen-bond donors (Lipinski definition) is 6. The zero-order valence-corrected chi connectivity index (χ0v) is 29.4. The number of phenolic OH excluding ortho intramolecular Hbond substituents is 1. The van der Waals surface area contributed by atoms with Crippen LogP contribution in [0.15, 0.2) is 83.7 Å². The van der Waals surface area contributed by atoms with Crippen molar-refractivity contribution in [3.63, 3.8) is 0 Å². The fourth-order valence-electron chi connectivity index (χ4n) is 7.36. The molecule has 1 amide bonds. The molecule has 0 aliphatic carbocycles. The number of alkyl carbamates (subject to hydrolysis) is 1. The van der Waals surface area contributed by atoms with Gasteiger partial charge < -0.3 is 40.4 Å². The molecule has 3 aliphatic heterocycles. The van der Waals surface area contributed by atoms with Crippen LogP contribution >= 0.6 is 0 Å². The lowest BCUT2D eigenvalue weighted by atomic mass is 9.86. The van der Waals surface area contributed by atoms with Gasteiger partial charge in [0.1, 0.15) is 17.6 Å². The number of aromatic nitrogens is 1. The minimum Gasteiger partial charge on any atom is -0.506 e. The van der Waals surface area contributed by atoms with E-state index in [9.17, 15) is 29.7 Å². The Hall–Kier alpha value is -4.91. The number of rotatable bonds is 16. The monoisotopic (exact) mass is 712 g/mol. The summed E-state index contributed by atoms with van der Waals surface area (Å²) in [6.45, 7) is 5.12. The Bertz CT molecular complexity index is 1880. The Morgan fingerprint density at radius 1 is 0.962 bits per heavy atom. The van der Waals surface area contributed by atoms with Crippen molar-refractivity contribution in [2.45, 2.75) is 75.8 Å². The Morgan fingerprint density at radius 3 is 2.44 bits per heavy atom. The normalized spacial score (nSPS) is 20.5. The van der Waals surface area contributed by atoms with Crippen molar-refractivity contribution >= 4 is 23.0 Å². The Balaban J connectivity index is 1.01. The maximum Gasteiger partial charge on any atom is 0.408 e. The van der Waals surface area contributed by atoms with Crippen molar-refractivity contribution < 1.29 is 34.4 Å². The quantitative estimate of drug-likeness (QED) is 0.0843. The van der Waals surface area contributed by atoms with E-state index >= 15 is 0 Å². The van der Waals surface area contributed by atoms with Crippen molar-refractivity contribution in [2.75, 3.05) is 26.2 Å². The maximum atomic E-state index is 13.2. The second-order valence-electron chi connectivity index (χ2n) is 14.0. The smallest absolute Gasteiger partial charge is 0.408 e. The average Bonchev–Trinajstić information content (AvgIpc) is 3.15. The van der Waals surface area contributed by atoms with E-state index in [0.29, 0.717) is 35.5 Å². The molecule has 5 atom stereocenters. The lowest BCUT2D eigenvalue weighted by Crippen LogP contribution is -2.52. The van der Waals surface area contributed by atoms with Gasteiger partial charge in [0.2, 0.25) is 5.56 Å². The highest BCUT2D eigenvalue weighted by Gasteiger charge is 2.37. The standard InChI is InChI=1S/C40H48N4O8/c1-25(41-23-33(46)30-14-16-32(45)38-31(30)15-17-36(47)42-38)8-5-6-13-34(39(48)49)51-29-12-7-11-28(22-29)37(27-9-3-2-4-10-27)43-40(50)52-35-24-44-20-18-26(35)19-21-44/h2-4,7,9-12,14-17,22,25-26,33-35,37,41,45-46H,5-6,8,13,18-21,23-24H2,1H3,(H,42,47)(H,43,50)(H,48,49)/t25?,33-,34?,35-,37?/m0/s1. The number of fused-ring (bicyclic) bond motifs is 4. The molecule has 3 aromatic carbocycles. The average molecular weight is 713 g/mol. The number of aliphatic hydroxyl groups excluding tert-OH is 1. The summed E-state index contributed by atoms with van der Waals surface area (Å²) in [5.74, 6) is -0.337. The third-order valence-electron chi connectivity index (χ3n) is 10.3. The molecular weight excluding hydrogens is 664 g/mol. The molecule has 7 rings (SSSR count). The number of aliphatic carboxylic acids is 1. The van der Waals surface area contributed by atoms with Crippen LogP contribution in [-0.2, 0) is 9.53 Å². The molecule has 4 aromatic rings. The first kappa shape index (κ1) is 36.9. The minimum atomic E-state index is -1.06. The van der Waals surface area contributed by atoms with E-state index in [0.717, 1.165) is 56.4 Å². The maximum absolute atomic E-state index is 13.2. The number of aliphatic hydroxyl groups is 1. The van der Waals surface area contributed by atoms with Crippen LogP contribution in [0.5, 0.6) is 11.5 Å². The van der Waals surface area contributed by atoms with Crippen molar-refractivity contribution in [3.8, 4) is 11.5 Å². The van der Waals surface area contributed by atoms with Gasteiger partial charge in [-0.15, -0.1) is 0 Å². The van der Waals surface area contributed by atoms with Gasteiger partial charge in [0.15, 0.2) is 6.10 Å². The van der Waals surface area contributed by atoms with Gasteiger partial charge in [-0.3, -0.25) is 9.69 Å². The number of aromatic amines is 1. The van der Waals surface area contributed by atoms with Crippen molar-refractivity contribution in [1.82, 2.24) is 20.5 Å². The molecule has 12 nitrogen and oxygen atoms in total. The number of pyridine rings is 1. The van der Waals surface area contributed by atoms with Crippen molar-refractivity contribution in [1.29, 1.82) is 0 Å². The molecule has 3 fully saturated rings. The number of nitrogens with one attached hydrogen (secondary N) is 3. The number of nitrogens with zero attached hydrogens (tertiary/aromatic N) is 1. The summed E-state index contributed by atoms with van der Waals surface area (Å²) in [7, 11) is 0. The summed E-state index contributed by atoms with van der Waals surface area (Å²) in [6, 6.07) is 22.3. The van der Waals surface area contributed by atoms with Crippen LogP contribution in [0.4, 0.5) is 4.79 Å². The number of carboxylic acid groups (broad SMARTS) is 1. The van der Waals surface area contributed by atoms with Gasteiger partial charge in [0.05, 0.1) is 17.7 Å². The lowest BCUT2D eigenvalue weighted by Gasteiger charge is -2.43. The van der Waals surface area contributed by atoms with Gasteiger partial charge in [-0.25, -0.2) is 9.59 Å². The summed E-state index contributed by atoms with van der Waals surface area (Å²) in [5, 5.41) is 38.0. The number of benzene rings is 3. The van der Waals surface area contributed by atoms with Crippen LogP contribution in [0.3, 0.4) is 0 Å². The van der Waals surface area contributed by atoms with Crippen LogP contribution in [0.1, 0.15) is 74.3 Å². The second kappa shape index (κ2) is 17.1. The SMILES string of the molecule is CC(CCCCC(Oc1cccc(C(NC(=O)O[C@H]2CN3CCC2CC3)c2ccccc2)c1)C(=O)O)NC[C@H](O)c1ccc(O)c2[nH]c(=O)ccc12. The minimum absolute atomic E-state index is 0.0404. The summed E-state index contributed by atoms with van der Waals surface area (Å²) in [5.41, 5.74) is 2.14. The van der Waals surface area contributed by atoms with E-state index < -0.39 is 30.3 Å². The second-order valence-corrected chi connectivity index (χ2v) is 14.0. The highest BCUT2D eigenvalue weighted by Crippen LogP contribution is 2.32. The number of phenols is 1. The number of unbranched alkanes of at least 4 members (excludes halogenated alkanes) is 1. The molecule has 0 radical (unpaired) electrons. The highest BCUT2D eigenvalue weighted by molar-refractivity contribution is 5.87. The molecule has 0 saturated carbocycles. The predicted octanol–water partition coefficient (Wildman–Crippen LogP) is 5.25. The van der Waals surface area contributed by atoms with E-state index in [1.54, 1.807) is 30.3 Å². The van der Waals surface area contributed by atoms with Gasteiger partial charge in [-0.05, 0) is 99.0 Å². The number of hydrogen-bond acceptors (Lipinski definition) is 9. The van der Waals surface area contributed by atoms with E-state index in [-0.39, 0.29) is 35.5 Å². The molecule has 0 spiro atoms. The van der Waals surface area contributed by atoms with Crippen LogP contribution in [0, 0.1) is 5.92 Å². The van der Waals surface area contributed by atoms with Crippen LogP contribution in [0.25, 0.3) is 10.9 Å². The topological polar surface area (TPSA) is 173 Å². The van der Waals surface area contributed by atoms with Crippen LogP contribution in [0.2, 0.25) is 0 Å². The molecule has 4 heterocycles. The third-order valence-corrected chi connectivity index (χ3v) is 10.3. The first-order chi connectivity index (χ1) is 25.1. The van der Waals surface area contributed by atoms with Gasteiger partial charge in [-0.2, -0.15) is 0 Å². The van der Waals surface area contributed by atoms with E-state index in [1.165, 1.54) is 12.1 Å². The molecule has 12 heteroatoms. The molecule has 276 valence electrons. The van der Waals surface area contributed by atoms with Crippen LogP contribution < -0.4 is 20.9 Å². The number of piperidine rings is 3. The number of amides is 1. The predicted molar refractivity (Wildman–Crippen MR) is 196 cm³/mol. The third kappa shape index (κ3) is 9.30. The molecule has 6 N–H and O–H groups in total. The van der Waals surface area contributed by atoms with Gasteiger partial charge in [0.25, 0.3) is 0 Å². The van der Waals surface area contributed by atoms with Gasteiger partial charge in [-0.1, -0.05) is 55.0 Å². The van der Waals surface area contributed by atoms with E-state index in [2.05, 4.69) is 20.5 Å². The first-order valence-corrected chi connectivity index (χ1v) is 18.1.